The van der Waals surface area contributed by atoms with Crippen LogP contribution in [0.1, 0.15) is 32.3 Å². The predicted molar refractivity (Wildman–Crippen MR) is 90.5 cm³/mol. The van der Waals surface area contributed by atoms with Gasteiger partial charge >= 0.3 is 12.1 Å². The lowest BCUT2D eigenvalue weighted by atomic mass is 10.1. The summed E-state index contributed by atoms with van der Waals surface area (Å²) in [6.07, 6.45) is -3.70. The summed E-state index contributed by atoms with van der Waals surface area (Å²) in [6.45, 7) is 4.29. The first kappa shape index (κ1) is 20.3. The number of aromatic nitrogens is 2. The number of benzene rings is 1. The van der Waals surface area contributed by atoms with E-state index in [9.17, 15) is 18.0 Å². The van der Waals surface area contributed by atoms with Gasteiger partial charge in [0.1, 0.15) is 0 Å². The molecule has 0 saturated heterocycles. The van der Waals surface area contributed by atoms with E-state index in [0.717, 1.165) is 6.07 Å². The second-order valence-electron chi connectivity index (χ2n) is 5.95. The maximum atomic E-state index is 13.0. The van der Waals surface area contributed by atoms with E-state index in [-0.39, 0.29) is 35.0 Å². The highest BCUT2D eigenvalue weighted by molar-refractivity contribution is 7.99. The van der Waals surface area contributed by atoms with Crippen molar-refractivity contribution >= 4 is 17.7 Å². The van der Waals surface area contributed by atoms with Gasteiger partial charge in [-0.15, -0.1) is 10.2 Å². The Labute approximate surface area is 153 Å². The van der Waals surface area contributed by atoms with Crippen LogP contribution in [0.5, 0.6) is 0 Å². The normalized spacial score (nSPS) is 11.8. The van der Waals surface area contributed by atoms with E-state index in [1.807, 2.05) is 13.8 Å². The van der Waals surface area contributed by atoms with Crippen LogP contribution in [0.2, 0.25) is 0 Å². The second kappa shape index (κ2) is 9.07. The van der Waals surface area contributed by atoms with Crippen molar-refractivity contribution < 1.29 is 27.1 Å². The fourth-order valence-electron chi connectivity index (χ4n) is 2.00. The number of rotatable bonds is 8. The molecule has 0 aliphatic heterocycles. The first-order chi connectivity index (χ1) is 12.3. The van der Waals surface area contributed by atoms with Crippen LogP contribution in [-0.4, -0.2) is 28.5 Å². The first-order valence-electron chi connectivity index (χ1n) is 8.06. The molecule has 0 atom stereocenters. The van der Waals surface area contributed by atoms with E-state index in [2.05, 4.69) is 10.2 Å². The molecule has 1 aromatic heterocycles. The molecule has 1 aromatic carbocycles. The molecule has 0 radical (unpaired) electrons. The highest BCUT2D eigenvalue weighted by Gasteiger charge is 2.34. The minimum absolute atomic E-state index is 0.156. The summed E-state index contributed by atoms with van der Waals surface area (Å²) in [5.41, 5.74) is -0.982. The second-order valence-corrected chi connectivity index (χ2v) is 6.99. The van der Waals surface area contributed by atoms with E-state index < -0.39 is 11.7 Å². The van der Waals surface area contributed by atoms with Crippen molar-refractivity contribution in [2.75, 3.05) is 12.4 Å². The van der Waals surface area contributed by atoms with E-state index >= 15 is 0 Å². The zero-order chi connectivity index (χ0) is 19.2. The van der Waals surface area contributed by atoms with E-state index in [4.69, 9.17) is 9.15 Å². The van der Waals surface area contributed by atoms with Crippen LogP contribution in [-0.2, 0) is 15.7 Å². The Morgan fingerprint density at radius 3 is 2.69 bits per heavy atom. The van der Waals surface area contributed by atoms with Crippen molar-refractivity contribution in [2.24, 2.45) is 5.92 Å². The minimum atomic E-state index is -4.51. The molecule has 2 aromatic rings. The zero-order valence-electron chi connectivity index (χ0n) is 14.4. The van der Waals surface area contributed by atoms with Crippen molar-refractivity contribution in [2.45, 2.75) is 38.1 Å². The highest BCUT2D eigenvalue weighted by Crippen LogP contribution is 2.37. The number of alkyl halides is 3. The van der Waals surface area contributed by atoms with Gasteiger partial charge in [0.05, 0.1) is 17.7 Å². The van der Waals surface area contributed by atoms with Crippen LogP contribution >= 0.6 is 11.8 Å². The molecule has 0 bridgehead atoms. The summed E-state index contributed by atoms with van der Waals surface area (Å²) < 4.78 is 49.5. The van der Waals surface area contributed by atoms with Crippen LogP contribution in [0.3, 0.4) is 0 Å². The molecule has 0 saturated carbocycles. The van der Waals surface area contributed by atoms with Gasteiger partial charge in [-0.3, -0.25) is 4.79 Å². The van der Waals surface area contributed by atoms with Crippen LogP contribution in [0.15, 0.2) is 33.9 Å². The van der Waals surface area contributed by atoms with Crippen molar-refractivity contribution in [3.63, 3.8) is 0 Å². The number of ether oxygens (including phenoxy) is 1. The molecule has 5 nitrogen and oxygen atoms in total. The smallest absolute Gasteiger partial charge is 0.417 e. The van der Waals surface area contributed by atoms with Gasteiger partial charge in [0, 0.05) is 12.2 Å². The summed E-state index contributed by atoms with van der Waals surface area (Å²) in [6, 6.07) is 5.03. The molecule has 0 unspecified atom stereocenters. The van der Waals surface area contributed by atoms with Gasteiger partial charge in [-0.25, -0.2) is 0 Å². The Hall–Kier alpha value is -2.03. The number of hydrogen-bond donors (Lipinski definition) is 0. The zero-order valence-corrected chi connectivity index (χ0v) is 15.2. The third-order valence-electron chi connectivity index (χ3n) is 3.20. The first-order valence-corrected chi connectivity index (χ1v) is 9.04. The van der Waals surface area contributed by atoms with Crippen LogP contribution in [0.4, 0.5) is 13.2 Å². The molecule has 0 fully saturated rings. The van der Waals surface area contributed by atoms with Gasteiger partial charge < -0.3 is 9.15 Å². The number of carbonyl (C=O) groups excluding carboxylic acids is 1. The number of nitrogens with zero attached hydrogens (tertiary/aromatic N) is 2. The molecule has 0 spiro atoms. The molecule has 0 aliphatic carbocycles. The quantitative estimate of drug-likeness (QED) is 0.367. The van der Waals surface area contributed by atoms with Crippen molar-refractivity contribution in [1.82, 2.24) is 10.2 Å². The summed E-state index contributed by atoms with van der Waals surface area (Å²) in [4.78, 5) is 11.5. The van der Waals surface area contributed by atoms with Crippen LogP contribution in [0.25, 0.3) is 11.5 Å². The minimum Gasteiger partial charge on any atom is -0.465 e. The molecule has 0 amide bonds. The maximum absolute atomic E-state index is 13.0. The Balaban J connectivity index is 1.88. The molecular formula is C17H19F3N2O3S. The van der Waals surface area contributed by atoms with Gasteiger partial charge in [0.25, 0.3) is 5.22 Å². The number of thioether (sulfide) groups is 1. The van der Waals surface area contributed by atoms with Gasteiger partial charge in [0.15, 0.2) is 0 Å². The van der Waals surface area contributed by atoms with Crippen molar-refractivity contribution in [1.29, 1.82) is 0 Å². The standard InChI is InChI=1S/C17H19F3N2O3S/c1-11(2)10-24-14(23)8-5-9-26-16-22-21-15(25-16)12-6-3-4-7-13(12)17(18,19)20/h3-4,6-7,11H,5,8-10H2,1-2H3. The SMILES string of the molecule is CC(C)COC(=O)CCCSc1nnc(-c2ccccc2C(F)(F)F)o1. The summed E-state index contributed by atoms with van der Waals surface area (Å²) in [5, 5.41) is 7.61. The topological polar surface area (TPSA) is 65.2 Å². The average Bonchev–Trinajstić information content (AvgIpc) is 3.05. The molecule has 2 rings (SSSR count). The lowest BCUT2D eigenvalue weighted by Gasteiger charge is -2.09. The number of halogens is 3. The molecule has 26 heavy (non-hydrogen) atoms. The lowest BCUT2D eigenvalue weighted by Crippen LogP contribution is -2.09. The Kier molecular flexibility index (Phi) is 7.07. The summed E-state index contributed by atoms with van der Waals surface area (Å²) in [7, 11) is 0. The summed E-state index contributed by atoms with van der Waals surface area (Å²) >= 11 is 1.19. The fraction of sp³-hybridized carbons (Fsp3) is 0.471. The van der Waals surface area contributed by atoms with Gasteiger partial charge in [-0.1, -0.05) is 37.7 Å². The largest absolute Gasteiger partial charge is 0.465 e. The van der Waals surface area contributed by atoms with Gasteiger partial charge in [-0.05, 0) is 24.5 Å². The monoisotopic (exact) mass is 388 g/mol. The predicted octanol–water partition coefficient (Wildman–Crippen LogP) is 4.83. The third-order valence-corrected chi connectivity index (χ3v) is 4.10. The van der Waals surface area contributed by atoms with E-state index in [1.54, 1.807) is 0 Å². The molecule has 0 N–H and O–H groups in total. The van der Waals surface area contributed by atoms with Gasteiger partial charge in [0.2, 0.25) is 5.89 Å². The molecule has 142 valence electrons. The number of esters is 1. The summed E-state index contributed by atoms with van der Waals surface area (Å²) in [5.74, 6) is 0.338. The van der Waals surface area contributed by atoms with Gasteiger partial charge in [-0.2, -0.15) is 13.2 Å². The van der Waals surface area contributed by atoms with E-state index in [1.165, 1.54) is 30.0 Å². The molecule has 0 aliphatic rings. The third kappa shape index (κ3) is 6.05. The Morgan fingerprint density at radius 1 is 1.27 bits per heavy atom. The molecule has 1 heterocycles. The average molecular weight is 388 g/mol. The lowest BCUT2D eigenvalue weighted by molar-refractivity contribution is -0.144. The van der Waals surface area contributed by atoms with Crippen LogP contribution < -0.4 is 0 Å². The highest BCUT2D eigenvalue weighted by atomic mass is 32.2. The Bertz CT molecular complexity index is 732. The van der Waals surface area contributed by atoms with Crippen molar-refractivity contribution in [3.05, 3.63) is 29.8 Å². The molecular weight excluding hydrogens is 369 g/mol. The molecule has 9 heteroatoms. The maximum Gasteiger partial charge on any atom is 0.417 e. The fourth-order valence-corrected chi connectivity index (χ4v) is 2.70. The van der Waals surface area contributed by atoms with E-state index in [0.29, 0.717) is 18.8 Å². The number of hydrogen-bond acceptors (Lipinski definition) is 6. The van der Waals surface area contributed by atoms with Crippen LogP contribution in [0, 0.1) is 5.92 Å². The Morgan fingerprint density at radius 2 is 2.00 bits per heavy atom. The van der Waals surface area contributed by atoms with Crippen molar-refractivity contribution in [3.8, 4) is 11.5 Å². The number of carbonyl (C=O) groups is 1.